The van der Waals surface area contributed by atoms with Gasteiger partial charge in [-0.25, -0.2) is 13.1 Å². The molecular formula is C14H22N2O3S. The summed E-state index contributed by atoms with van der Waals surface area (Å²) < 4.78 is 32.9. The van der Waals surface area contributed by atoms with Crippen molar-refractivity contribution in [3.8, 4) is 0 Å². The number of rotatable bonds is 5. The van der Waals surface area contributed by atoms with E-state index < -0.39 is 10.0 Å². The summed E-state index contributed by atoms with van der Waals surface area (Å²) in [6.45, 7) is 3.16. The van der Waals surface area contributed by atoms with Gasteiger partial charge in [0, 0.05) is 19.7 Å². The van der Waals surface area contributed by atoms with E-state index in [1.54, 1.807) is 19.1 Å². The molecular weight excluding hydrogens is 276 g/mol. The molecule has 1 aromatic rings. The molecule has 2 rings (SSSR count). The lowest BCUT2D eigenvalue weighted by Crippen LogP contribution is -2.35. The van der Waals surface area contributed by atoms with Gasteiger partial charge in [0.2, 0.25) is 10.0 Å². The Bertz CT molecular complexity index is 552. The zero-order valence-electron chi connectivity index (χ0n) is 11.8. The Morgan fingerprint density at radius 1 is 1.40 bits per heavy atom. The summed E-state index contributed by atoms with van der Waals surface area (Å²) in [7, 11) is -3.51. The Labute approximate surface area is 120 Å². The van der Waals surface area contributed by atoms with Crippen molar-refractivity contribution in [3.05, 3.63) is 29.3 Å². The fourth-order valence-electron chi connectivity index (χ4n) is 2.42. The largest absolute Gasteiger partial charge is 0.377 e. The molecule has 1 unspecified atom stereocenters. The highest BCUT2D eigenvalue weighted by molar-refractivity contribution is 7.89. The quantitative estimate of drug-likeness (QED) is 0.858. The van der Waals surface area contributed by atoms with Crippen LogP contribution in [0.5, 0.6) is 0 Å². The molecule has 5 nitrogen and oxygen atoms in total. The number of hydrogen-bond acceptors (Lipinski definition) is 4. The molecule has 6 heteroatoms. The molecule has 0 aliphatic carbocycles. The van der Waals surface area contributed by atoms with Gasteiger partial charge in [0.15, 0.2) is 0 Å². The third-order valence-corrected chi connectivity index (χ3v) is 5.25. The second-order valence-electron chi connectivity index (χ2n) is 5.08. The van der Waals surface area contributed by atoms with E-state index in [1.165, 1.54) is 0 Å². The van der Waals surface area contributed by atoms with Crippen molar-refractivity contribution in [2.75, 3.05) is 13.2 Å². The first-order valence-electron chi connectivity index (χ1n) is 6.94. The van der Waals surface area contributed by atoms with Gasteiger partial charge in [-0.15, -0.1) is 0 Å². The van der Waals surface area contributed by atoms with Crippen molar-refractivity contribution in [1.29, 1.82) is 0 Å². The first-order chi connectivity index (χ1) is 9.54. The van der Waals surface area contributed by atoms with E-state index in [4.69, 9.17) is 10.5 Å². The Balaban J connectivity index is 2.10. The summed E-state index contributed by atoms with van der Waals surface area (Å²) in [6.07, 6.45) is 3.04. The monoisotopic (exact) mass is 298 g/mol. The highest BCUT2D eigenvalue weighted by atomic mass is 32.2. The number of sulfonamides is 1. The maximum Gasteiger partial charge on any atom is 0.240 e. The third kappa shape index (κ3) is 3.58. The standard InChI is InChI=1S/C14H22N2O3S/c1-11-12(9-15)5-4-7-14(11)20(17,18)16-10-13-6-2-3-8-19-13/h4-5,7,13,16H,2-3,6,8-10,15H2,1H3. The maximum atomic E-state index is 12.4. The van der Waals surface area contributed by atoms with E-state index >= 15 is 0 Å². The predicted octanol–water partition coefficient (Wildman–Crippen LogP) is 1.30. The molecule has 1 heterocycles. The first kappa shape index (κ1) is 15.4. The molecule has 1 fully saturated rings. The molecule has 0 bridgehead atoms. The van der Waals surface area contributed by atoms with Crippen molar-refractivity contribution < 1.29 is 13.2 Å². The predicted molar refractivity (Wildman–Crippen MR) is 77.8 cm³/mol. The lowest BCUT2D eigenvalue weighted by molar-refractivity contribution is 0.0200. The van der Waals surface area contributed by atoms with Crippen LogP contribution in [0.3, 0.4) is 0 Å². The maximum absolute atomic E-state index is 12.4. The summed E-state index contributed by atoms with van der Waals surface area (Å²) in [4.78, 5) is 0.302. The molecule has 112 valence electrons. The van der Waals surface area contributed by atoms with Crippen molar-refractivity contribution >= 4 is 10.0 Å². The number of nitrogens with two attached hydrogens (primary N) is 1. The van der Waals surface area contributed by atoms with E-state index in [0.717, 1.165) is 24.8 Å². The Morgan fingerprint density at radius 2 is 2.20 bits per heavy atom. The Morgan fingerprint density at radius 3 is 2.85 bits per heavy atom. The molecule has 0 spiro atoms. The number of nitrogens with one attached hydrogen (secondary N) is 1. The highest BCUT2D eigenvalue weighted by Crippen LogP contribution is 2.19. The van der Waals surface area contributed by atoms with Gasteiger partial charge < -0.3 is 10.5 Å². The molecule has 1 aliphatic heterocycles. The van der Waals surface area contributed by atoms with Crippen LogP contribution in [0.2, 0.25) is 0 Å². The fourth-order valence-corrected chi connectivity index (χ4v) is 3.77. The minimum Gasteiger partial charge on any atom is -0.377 e. The van der Waals surface area contributed by atoms with E-state index in [-0.39, 0.29) is 6.10 Å². The molecule has 1 atom stereocenters. The molecule has 0 amide bonds. The van der Waals surface area contributed by atoms with Gasteiger partial charge in [-0.3, -0.25) is 0 Å². The Hall–Kier alpha value is -0.950. The highest BCUT2D eigenvalue weighted by Gasteiger charge is 2.21. The third-order valence-electron chi connectivity index (χ3n) is 3.68. The lowest BCUT2D eigenvalue weighted by atomic mass is 10.1. The second kappa shape index (κ2) is 6.67. The number of ether oxygens (including phenoxy) is 1. The van der Waals surface area contributed by atoms with Crippen molar-refractivity contribution in [1.82, 2.24) is 4.72 Å². The second-order valence-corrected chi connectivity index (χ2v) is 6.82. The smallest absolute Gasteiger partial charge is 0.240 e. The van der Waals surface area contributed by atoms with Crippen LogP contribution in [0.15, 0.2) is 23.1 Å². The van der Waals surface area contributed by atoms with E-state index in [0.29, 0.717) is 30.2 Å². The number of hydrogen-bond donors (Lipinski definition) is 2. The summed E-state index contributed by atoms with van der Waals surface area (Å²) in [5.41, 5.74) is 7.18. The topological polar surface area (TPSA) is 81.4 Å². The molecule has 0 saturated carbocycles. The van der Waals surface area contributed by atoms with Gasteiger partial charge in [-0.05, 0) is 43.4 Å². The van der Waals surface area contributed by atoms with Crippen LogP contribution in [0.1, 0.15) is 30.4 Å². The zero-order valence-corrected chi connectivity index (χ0v) is 12.6. The molecule has 3 N–H and O–H groups in total. The molecule has 0 radical (unpaired) electrons. The summed E-state index contributed by atoms with van der Waals surface area (Å²) >= 11 is 0. The van der Waals surface area contributed by atoms with E-state index in [1.807, 2.05) is 6.07 Å². The van der Waals surface area contributed by atoms with Crippen LogP contribution in [0.25, 0.3) is 0 Å². The van der Waals surface area contributed by atoms with Gasteiger partial charge in [0.25, 0.3) is 0 Å². The van der Waals surface area contributed by atoms with Crippen LogP contribution in [0, 0.1) is 6.92 Å². The van der Waals surface area contributed by atoms with Gasteiger partial charge in [-0.2, -0.15) is 0 Å². The van der Waals surface area contributed by atoms with Gasteiger partial charge >= 0.3 is 0 Å². The molecule has 20 heavy (non-hydrogen) atoms. The minimum absolute atomic E-state index is 0.0171. The van der Waals surface area contributed by atoms with Crippen LogP contribution in [-0.4, -0.2) is 27.7 Å². The molecule has 1 saturated heterocycles. The minimum atomic E-state index is -3.51. The van der Waals surface area contributed by atoms with Crippen molar-refractivity contribution in [3.63, 3.8) is 0 Å². The molecule has 1 aliphatic rings. The van der Waals surface area contributed by atoms with Crippen LogP contribution >= 0.6 is 0 Å². The summed E-state index contributed by atoms with van der Waals surface area (Å²) in [6, 6.07) is 5.18. The summed E-state index contributed by atoms with van der Waals surface area (Å²) in [5, 5.41) is 0. The average Bonchev–Trinajstić information content (AvgIpc) is 2.46. The lowest BCUT2D eigenvalue weighted by Gasteiger charge is -2.23. The van der Waals surface area contributed by atoms with Gasteiger partial charge in [0.05, 0.1) is 11.0 Å². The fraction of sp³-hybridized carbons (Fsp3) is 0.571. The normalized spacial score (nSPS) is 20.0. The van der Waals surface area contributed by atoms with Gasteiger partial charge in [0.1, 0.15) is 0 Å². The summed E-state index contributed by atoms with van der Waals surface area (Å²) in [5.74, 6) is 0. The van der Waals surface area contributed by atoms with Crippen LogP contribution in [0.4, 0.5) is 0 Å². The van der Waals surface area contributed by atoms with Gasteiger partial charge in [-0.1, -0.05) is 12.1 Å². The van der Waals surface area contributed by atoms with E-state index in [2.05, 4.69) is 4.72 Å². The van der Waals surface area contributed by atoms with Crippen molar-refractivity contribution in [2.45, 2.75) is 43.7 Å². The first-order valence-corrected chi connectivity index (χ1v) is 8.42. The SMILES string of the molecule is Cc1c(CN)cccc1S(=O)(=O)NCC1CCCCO1. The molecule has 0 aromatic heterocycles. The zero-order chi connectivity index (χ0) is 14.6. The Kier molecular flexibility index (Phi) is 5.15. The molecule has 1 aromatic carbocycles. The average molecular weight is 298 g/mol. The van der Waals surface area contributed by atoms with Crippen LogP contribution < -0.4 is 10.5 Å². The van der Waals surface area contributed by atoms with Crippen LogP contribution in [-0.2, 0) is 21.3 Å². The van der Waals surface area contributed by atoms with Crippen molar-refractivity contribution in [2.24, 2.45) is 5.73 Å². The number of benzene rings is 1. The van der Waals surface area contributed by atoms with E-state index in [9.17, 15) is 8.42 Å².